The molecule has 1 saturated heterocycles. The summed E-state index contributed by atoms with van der Waals surface area (Å²) in [5.74, 6) is 2.56. The van der Waals surface area contributed by atoms with E-state index >= 15 is 0 Å². The van der Waals surface area contributed by atoms with Crippen molar-refractivity contribution in [3.05, 3.63) is 0 Å². The van der Waals surface area contributed by atoms with Crippen LogP contribution in [0.1, 0.15) is 83.4 Å². The van der Waals surface area contributed by atoms with Gasteiger partial charge in [-0.2, -0.15) is 0 Å². The second kappa shape index (κ2) is 16.9. The normalized spacial score (nSPS) is 27.9. The van der Waals surface area contributed by atoms with E-state index in [1.165, 1.54) is 0 Å². The Morgan fingerprint density at radius 1 is 1.00 bits per heavy atom. The second-order valence-electron chi connectivity index (χ2n) is 11.5. The Morgan fingerprint density at radius 3 is 2.08 bits per heavy atom. The zero-order chi connectivity index (χ0) is 29.2. The Labute approximate surface area is 236 Å². The number of rotatable bonds is 18. The predicted molar refractivity (Wildman–Crippen MR) is 141 cm³/mol. The van der Waals surface area contributed by atoms with Crippen molar-refractivity contribution in [3.8, 4) is 6.07 Å². The molecular formula is C27H51N2O6PV. The van der Waals surface area contributed by atoms with Crippen molar-refractivity contribution >= 4 is 7.82 Å². The monoisotopic (exact) mass is 583 g/mol. The number of phosphoric ester groups is 1. The maximum absolute atomic E-state index is 14.3. The van der Waals surface area contributed by atoms with E-state index in [2.05, 4.69) is 73.2 Å². The van der Waals surface area contributed by atoms with Crippen molar-refractivity contribution in [2.45, 2.75) is 100 Å². The summed E-state index contributed by atoms with van der Waals surface area (Å²) in [6.07, 6.45) is -1.54. The van der Waals surface area contributed by atoms with Gasteiger partial charge in [0, 0.05) is 0 Å². The van der Waals surface area contributed by atoms with Crippen LogP contribution in [0, 0.1) is 58.7 Å². The van der Waals surface area contributed by atoms with Crippen LogP contribution >= 0.6 is 7.82 Å². The van der Waals surface area contributed by atoms with Crippen molar-refractivity contribution in [3.63, 3.8) is 0 Å². The fourth-order valence-electron chi connectivity index (χ4n) is 4.92. The molecule has 37 heavy (non-hydrogen) atoms. The van der Waals surface area contributed by atoms with E-state index < -0.39 is 32.7 Å². The molecule has 0 aliphatic carbocycles. The third-order valence-corrected chi connectivity index (χ3v) is 10.5. The molecule has 0 aromatic rings. The minimum atomic E-state index is -4.15. The summed E-state index contributed by atoms with van der Waals surface area (Å²) < 4.78 is 49.7. The first-order valence-corrected chi connectivity index (χ1v) is 15.8. The molecule has 1 fully saturated rings. The average molecular weight is 584 g/mol. The van der Waals surface area contributed by atoms with Crippen LogP contribution in [0.5, 0.6) is 0 Å². The van der Waals surface area contributed by atoms with Crippen LogP contribution in [0.4, 0.5) is 0 Å². The molecule has 0 radical (unpaired) electrons. The van der Waals surface area contributed by atoms with Crippen LogP contribution in [0.3, 0.4) is 0 Å². The Kier molecular flexibility index (Phi) is 15.1. The molecule has 1 heterocycles. The molecule has 11 atom stereocenters. The van der Waals surface area contributed by atoms with Gasteiger partial charge in [0.1, 0.15) is 0 Å². The first kappa shape index (κ1) is 33.1. The van der Waals surface area contributed by atoms with Crippen molar-refractivity contribution < 1.29 is 46.3 Å². The summed E-state index contributed by atoms with van der Waals surface area (Å²) in [5, 5.41) is 9.07. The van der Waals surface area contributed by atoms with Gasteiger partial charge in [0.15, 0.2) is 0 Å². The van der Waals surface area contributed by atoms with Crippen LogP contribution in [0.2, 0.25) is 0 Å². The Balaban J connectivity index is 3.36. The maximum atomic E-state index is 14.3. The molecule has 1 rings (SSSR count). The van der Waals surface area contributed by atoms with E-state index in [0.717, 1.165) is 0 Å². The Bertz CT molecular complexity index is 800. The van der Waals surface area contributed by atoms with E-state index in [4.69, 9.17) is 29.8 Å². The summed E-state index contributed by atoms with van der Waals surface area (Å²) in [7, 11) is -4.15. The van der Waals surface area contributed by atoms with Gasteiger partial charge in [-0.3, -0.25) is 0 Å². The van der Waals surface area contributed by atoms with Gasteiger partial charge in [0.25, 0.3) is 0 Å². The van der Waals surface area contributed by atoms with E-state index in [1.807, 2.05) is 23.3 Å². The van der Waals surface area contributed by atoms with Gasteiger partial charge in [-0.05, 0) is 11.8 Å². The molecule has 0 N–H and O–H groups in total. The van der Waals surface area contributed by atoms with Gasteiger partial charge in [0.05, 0.1) is 0 Å². The van der Waals surface area contributed by atoms with Crippen molar-refractivity contribution in [2.24, 2.45) is 51.3 Å². The van der Waals surface area contributed by atoms with Gasteiger partial charge < -0.3 is 0 Å². The van der Waals surface area contributed by atoms with E-state index in [9.17, 15) is 4.57 Å². The molecule has 8 nitrogen and oxygen atoms in total. The standard InChI is InChI=1S/C27H51N2O6P.V/c1-17(2)19(5)21(7)22(8)24(10)27(23(9)20(6)18(3)4)35-36(30,33-14-11-13-28)34-25-12-15-31-26(25)16-32-29;/h17-27H,11-12,14-16H2,1-10H3;/i15T;. The number of hydrogen-bond donors (Lipinski definition) is 0. The summed E-state index contributed by atoms with van der Waals surface area (Å²) >= 11 is 1.96. The topological polar surface area (TPSA) is 99.4 Å². The fourth-order valence-corrected chi connectivity index (χ4v) is 6.75. The molecule has 0 bridgehead atoms. The van der Waals surface area contributed by atoms with Crippen LogP contribution < -0.4 is 0 Å². The number of ether oxygens (including phenoxy) is 1. The van der Waals surface area contributed by atoms with Gasteiger partial charge in [-0.1, -0.05) is 41.5 Å². The van der Waals surface area contributed by atoms with Crippen molar-refractivity contribution in [1.82, 2.24) is 0 Å². The number of phosphoric acid groups is 1. The van der Waals surface area contributed by atoms with E-state index in [0.29, 0.717) is 23.7 Å². The van der Waals surface area contributed by atoms with Gasteiger partial charge >= 0.3 is 184 Å². The molecule has 0 amide bonds. The molecule has 1 aliphatic heterocycles. The summed E-state index contributed by atoms with van der Waals surface area (Å²) in [6, 6.07) is 2.02. The molecule has 215 valence electrons. The molecule has 10 heteroatoms. The molecule has 11 unspecified atom stereocenters. The van der Waals surface area contributed by atoms with Crippen molar-refractivity contribution in [1.29, 1.82) is 5.26 Å². The Morgan fingerprint density at radius 2 is 1.54 bits per heavy atom. The first-order valence-electron chi connectivity index (χ1n) is 14.3. The third kappa shape index (κ3) is 10.8. The average Bonchev–Trinajstić information content (AvgIpc) is 3.21. The zero-order valence-electron chi connectivity index (χ0n) is 25.5. The van der Waals surface area contributed by atoms with Gasteiger partial charge in [0.2, 0.25) is 0 Å². The Hall–Kier alpha value is -0.0956. The summed E-state index contributed by atoms with van der Waals surface area (Å²) in [5.41, 5.74) is 0. The molecule has 1 aliphatic rings. The van der Waals surface area contributed by atoms with Crippen LogP contribution in [-0.2, 0) is 44.9 Å². The van der Waals surface area contributed by atoms with Crippen molar-refractivity contribution in [2.75, 3.05) is 19.8 Å². The first-order chi connectivity index (χ1) is 17.7. The van der Waals surface area contributed by atoms with Crippen LogP contribution in [-0.4, -0.2) is 38.1 Å². The molecule has 0 aromatic carbocycles. The second-order valence-corrected chi connectivity index (χ2v) is 13.3. The minimum absolute atomic E-state index is 0.0508. The quantitative estimate of drug-likeness (QED) is 0.0943. The predicted octanol–water partition coefficient (Wildman–Crippen LogP) is 7.37. The number of nitriles is 1. The molecule has 0 aromatic heterocycles. The van der Waals surface area contributed by atoms with Crippen LogP contribution in [0.15, 0.2) is 3.95 Å². The third-order valence-electron chi connectivity index (χ3n) is 8.75. The van der Waals surface area contributed by atoms with E-state index in [-0.39, 0.29) is 49.7 Å². The number of hydrogen-bond acceptors (Lipinski definition) is 8. The van der Waals surface area contributed by atoms with Gasteiger partial charge in [-0.15, -0.1) is 0 Å². The van der Waals surface area contributed by atoms with E-state index in [1.54, 1.807) is 0 Å². The van der Waals surface area contributed by atoms with Crippen LogP contribution in [0.25, 0.3) is 0 Å². The molecular weight excluding hydrogens is 530 g/mol. The SMILES string of the molecule is [3H]C1CC(OP(=O)(OCCC#N)OC(C(C)C(C)C(C)C)C(C)C(C)C(C)C(C)C(C)C)C(CO[N]=[V])O1. The number of nitrogens with zero attached hydrogens (tertiary/aromatic N) is 2. The summed E-state index contributed by atoms with van der Waals surface area (Å²) in [6.45, 7) is 21.3. The molecule has 0 saturated carbocycles. The van der Waals surface area contributed by atoms with Gasteiger partial charge in [-0.25, -0.2) is 0 Å². The zero-order valence-corrected chi connectivity index (χ0v) is 26.8. The summed E-state index contributed by atoms with van der Waals surface area (Å²) in [4.78, 5) is 5.12. The molecule has 0 spiro atoms. The fraction of sp³-hybridized carbons (Fsp3) is 0.963.